The molecule has 0 heterocycles. The summed E-state index contributed by atoms with van der Waals surface area (Å²) in [5.41, 5.74) is 10.3. The third kappa shape index (κ3) is 8.00. The maximum Gasteiger partial charge on any atom is 0.407 e. The van der Waals surface area contributed by atoms with E-state index < -0.39 is 66.5 Å². The highest BCUT2D eigenvalue weighted by Gasteiger charge is 2.38. The van der Waals surface area contributed by atoms with Crippen molar-refractivity contribution in [1.29, 1.82) is 0 Å². The van der Waals surface area contributed by atoms with Gasteiger partial charge in [0.25, 0.3) is 0 Å². The van der Waals surface area contributed by atoms with Gasteiger partial charge in [-0.3, -0.25) is 19.2 Å². The molecule has 0 aromatic heterocycles. The van der Waals surface area contributed by atoms with Gasteiger partial charge in [-0.15, -0.1) is 6.58 Å². The van der Waals surface area contributed by atoms with Crippen LogP contribution in [0.3, 0.4) is 0 Å². The fourth-order valence-electron chi connectivity index (χ4n) is 2.79. The molecule has 13 heteroatoms. The summed E-state index contributed by atoms with van der Waals surface area (Å²) in [7, 11) is 1.56. The number of nitrogens with one attached hydrogen (secondary N) is 4. The largest absolute Gasteiger partial charge is 0.443 e. The van der Waals surface area contributed by atoms with E-state index in [9.17, 15) is 29.1 Å². The first-order chi connectivity index (χ1) is 15.0. The van der Waals surface area contributed by atoms with Gasteiger partial charge >= 0.3 is 6.09 Å². The van der Waals surface area contributed by atoms with Crippen molar-refractivity contribution in [2.24, 2.45) is 11.5 Å². The summed E-state index contributed by atoms with van der Waals surface area (Å²) in [5.74, 6) is -3.11. The molecule has 0 radical (unpaired) electrons. The van der Waals surface area contributed by atoms with Crippen LogP contribution < -0.4 is 32.7 Å². The zero-order valence-corrected chi connectivity index (χ0v) is 17.9. The molecule has 178 valence electrons. The predicted molar refractivity (Wildman–Crippen MR) is 113 cm³/mol. The molecule has 0 saturated heterocycles. The summed E-state index contributed by atoms with van der Waals surface area (Å²) in [6, 6.07) is -3.06. The van der Waals surface area contributed by atoms with Gasteiger partial charge in [-0.05, 0) is 14.0 Å². The molecule has 13 nitrogen and oxygen atoms in total. The van der Waals surface area contributed by atoms with Crippen LogP contribution in [0.5, 0.6) is 0 Å². The summed E-state index contributed by atoms with van der Waals surface area (Å²) in [4.78, 5) is 59.6. The van der Waals surface area contributed by atoms with Crippen LogP contribution in [0.4, 0.5) is 4.79 Å². The van der Waals surface area contributed by atoms with Crippen LogP contribution >= 0.6 is 0 Å². The summed E-state index contributed by atoms with van der Waals surface area (Å²) in [6.07, 6.45) is -1.49. The Morgan fingerprint density at radius 1 is 1.31 bits per heavy atom. The maximum absolute atomic E-state index is 12.7. The number of nitrogens with two attached hydrogens (primary N) is 2. The molecule has 32 heavy (non-hydrogen) atoms. The molecule has 0 aromatic carbocycles. The van der Waals surface area contributed by atoms with Crippen molar-refractivity contribution in [3.63, 3.8) is 0 Å². The lowest BCUT2D eigenvalue weighted by molar-refractivity contribution is -0.128. The van der Waals surface area contributed by atoms with E-state index in [1.54, 1.807) is 14.0 Å². The fraction of sp³-hybridized carbons (Fsp3) is 0.526. The highest BCUT2D eigenvalue weighted by Crippen LogP contribution is 2.23. The Balaban J connectivity index is 3.11. The fourth-order valence-corrected chi connectivity index (χ4v) is 2.79. The van der Waals surface area contributed by atoms with E-state index in [1.165, 1.54) is 12.2 Å². The lowest BCUT2D eigenvalue weighted by atomic mass is 9.89. The van der Waals surface area contributed by atoms with Crippen molar-refractivity contribution in [3.05, 3.63) is 24.3 Å². The number of rotatable bonds is 11. The summed E-state index contributed by atoms with van der Waals surface area (Å²) in [6.45, 7) is 5.15. The van der Waals surface area contributed by atoms with Gasteiger partial charge in [-0.1, -0.05) is 12.2 Å². The van der Waals surface area contributed by atoms with Crippen LogP contribution in [0.2, 0.25) is 0 Å². The normalized spacial score (nSPS) is 21.8. The first-order valence-corrected chi connectivity index (χ1v) is 9.80. The quantitative estimate of drug-likeness (QED) is 0.158. The Morgan fingerprint density at radius 3 is 2.50 bits per heavy atom. The van der Waals surface area contributed by atoms with Crippen molar-refractivity contribution in [2.75, 3.05) is 13.6 Å². The van der Waals surface area contributed by atoms with Crippen LogP contribution in [0.25, 0.3) is 0 Å². The molecule has 0 unspecified atom stereocenters. The zero-order valence-electron chi connectivity index (χ0n) is 17.9. The number of alkyl carbamates (subject to hydrolysis) is 1. The average Bonchev–Trinajstić information content (AvgIpc) is 2.73. The molecular formula is C19H30N6O7. The van der Waals surface area contributed by atoms with Crippen molar-refractivity contribution in [1.82, 2.24) is 21.3 Å². The second-order valence-electron chi connectivity index (χ2n) is 7.14. The third-order valence-corrected chi connectivity index (χ3v) is 4.68. The van der Waals surface area contributed by atoms with Gasteiger partial charge in [0.2, 0.25) is 23.6 Å². The Morgan fingerprint density at radius 2 is 1.97 bits per heavy atom. The molecule has 0 saturated carbocycles. The van der Waals surface area contributed by atoms with E-state index in [1.807, 2.05) is 0 Å². The van der Waals surface area contributed by atoms with Crippen LogP contribution in [0, 0.1) is 0 Å². The number of ether oxygens (including phenoxy) is 1. The summed E-state index contributed by atoms with van der Waals surface area (Å²) in [5, 5.41) is 20.6. The number of aliphatic hydroxyl groups excluding tert-OH is 1. The number of likely N-dealkylation sites (N-methyl/N-ethyl adjacent to an activating group) is 1. The van der Waals surface area contributed by atoms with Crippen LogP contribution in [0.1, 0.15) is 19.8 Å². The zero-order chi connectivity index (χ0) is 24.4. The van der Waals surface area contributed by atoms with Gasteiger partial charge < -0.3 is 42.6 Å². The highest BCUT2D eigenvalue weighted by atomic mass is 16.6. The maximum atomic E-state index is 12.7. The standard InChI is InChI=1S/C19H30N6O7/c1-4-5-23-19(31)32-13-7-10(18(30)25-12(16(21)28)8-14(20)26)6-11(15(13)27)24-17(29)9(2)22-3/h4,6,9,11-13,15,22,27H,1,5,7-8H2,2-3H3,(H2,20,26)(H2,21,28)(H,23,31)(H,24,29)(H,25,30)/t9-,11+,12+,13+,15+/m0/s1. The number of hydrogen-bond donors (Lipinski definition) is 7. The van der Waals surface area contributed by atoms with Crippen LogP contribution in [-0.2, 0) is 23.9 Å². The number of carbonyl (C=O) groups is 5. The van der Waals surface area contributed by atoms with Gasteiger partial charge in [-0.25, -0.2) is 4.79 Å². The first kappa shape index (κ1) is 26.6. The summed E-state index contributed by atoms with van der Waals surface area (Å²) >= 11 is 0. The van der Waals surface area contributed by atoms with Gasteiger partial charge in [0, 0.05) is 18.5 Å². The van der Waals surface area contributed by atoms with Crippen molar-refractivity contribution in [3.8, 4) is 0 Å². The predicted octanol–water partition coefficient (Wildman–Crippen LogP) is -3.10. The van der Waals surface area contributed by atoms with Gasteiger partial charge in [0.1, 0.15) is 18.2 Å². The molecule has 1 rings (SSSR count). The minimum Gasteiger partial charge on any atom is -0.443 e. The van der Waals surface area contributed by atoms with Gasteiger partial charge in [0.05, 0.1) is 18.5 Å². The molecule has 5 atom stereocenters. The molecule has 0 aromatic rings. The van der Waals surface area contributed by atoms with Crippen molar-refractivity contribution < 1.29 is 33.8 Å². The second kappa shape index (κ2) is 12.4. The first-order valence-electron chi connectivity index (χ1n) is 9.80. The third-order valence-electron chi connectivity index (χ3n) is 4.68. The average molecular weight is 454 g/mol. The second-order valence-corrected chi connectivity index (χ2v) is 7.14. The Bertz CT molecular complexity index is 784. The molecular weight excluding hydrogens is 424 g/mol. The monoisotopic (exact) mass is 454 g/mol. The summed E-state index contributed by atoms with van der Waals surface area (Å²) < 4.78 is 5.20. The minimum atomic E-state index is -1.37. The number of aliphatic hydroxyl groups is 1. The van der Waals surface area contributed by atoms with E-state index in [0.717, 1.165) is 0 Å². The Hall–Kier alpha value is -3.45. The smallest absolute Gasteiger partial charge is 0.407 e. The molecule has 0 aliphatic heterocycles. The van der Waals surface area contributed by atoms with Crippen LogP contribution in [0.15, 0.2) is 24.3 Å². The molecule has 0 bridgehead atoms. The molecule has 5 amide bonds. The molecule has 0 fully saturated rings. The van der Waals surface area contributed by atoms with Crippen molar-refractivity contribution in [2.45, 2.75) is 50.1 Å². The van der Waals surface area contributed by atoms with E-state index in [4.69, 9.17) is 16.2 Å². The van der Waals surface area contributed by atoms with Crippen LogP contribution in [-0.4, -0.2) is 78.8 Å². The molecule has 1 aliphatic carbocycles. The Kier molecular flexibility index (Phi) is 10.3. The SMILES string of the molecule is C=CCNC(=O)O[C@@H]1CC(C(=O)N[C@H](CC(N)=O)C(N)=O)=C[C@@H](NC(=O)[C@H](C)NC)[C@H]1O. The number of carbonyl (C=O) groups excluding carboxylic acids is 5. The molecule has 0 spiro atoms. The van der Waals surface area contributed by atoms with Crippen molar-refractivity contribution >= 4 is 29.7 Å². The molecule has 1 aliphatic rings. The molecule has 9 N–H and O–H groups in total. The number of hydrogen-bond acceptors (Lipinski definition) is 8. The lowest BCUT2D eigenvalue weighted by Gasteiger charge is -2.34. The van der Waals surface area contributed by atoms with E-state index in [2.05, 4.69) is 27.8 Å². The number of primary amides is 2. The van der Waals surface area contributed by atoms with Gasteiger partial charge in [0.15, 0.2) is 0 Å². The highest BCUT2D eigenvalue weighted by molar-refractivity contribution is 5.98. The topological polar surface area (TPSA) is 215 Å². The van der Waals surface area contributed by atoms with E-state index in [0.29, 0.717) is 0 Å². The lowest BCUT2D eigenvalue weighted by Crippen LogP contribution is -2.56. The minimum absolute atomic E-state index is 0.00467. The number of amides is 5. The van der Waals surface area contributed by atoms with E-state index in [-0.39, 0.29) is 18.5 Å². The van der Waals surface area contributed by atoms with Gasteiger partial charge in [-0.2, -0.15) is 0 Å². The van der Waals surface area contributed by atoms with E-state index >= 15 is 0 Å². The Labute approximate surface area is 185 Å².